The van der Waals surface area contributed by atoms with Crippen molar-refractivity contribution in [2.75, 3.05) is 33.2 Å². The van der Waals surface area contributed by atoms with Gasteiger partial charge in [0, 0.05) is 37.5 Å². The van der Waals surface area contributed by atoms with Crippen LogP contribution >= 0.6 is 35.3 Å². The van der Waals surface area contributed by atoms with Crippen LogP contribution in [-0.2, 0) is 18.4 Å². The third-order valence-electron chi connectivity index (χ3n) is 6.61. The second kappa shape index (κ2) is 11.6. The SMILES string of the molecule is CCc1nc(CN2CCC(CNC(=NC)NCC3(c4ccccc4)CC3)CC2)cs1.I. The Bertz CT molecular complexity index is 826. The molecular formula is C24H36IN5S. The molecule has 0 atom stereocenters. The maximum Gasteiger partial charge on any atom is 0.191 e. The van der Waals surface area contributed by atoms with Gasteiger partial charge in [-0.15, -0.1) is 35.3 Å². The summed E-state index contributed by atoms with van der Waals surface area (Å²) < 4.78 is 0. The van der Waals surface area contributed by atoms with E-state index >= 15 is 0 Å². The normalized spacial score (nSPS) is 19.0. The zero-order valence-corrected chi connectivity index (χ0v) is 21.9. The minimum Gasteiger partial charge on any atom is -0.356 e. The third-order valence-corrected chi connectivity index (χ3v) is 7.65. The van der Waals surface area contributed by atoms with Gasteiger partial charge in [-0.2, -0.15) is 0 Å². The van der Waals surface area contributed by atoms with Crippen LogP contribution in [0.2, 0.25) is 0 Å². The fraction of sp³-hybridized carbons (Fsp3) is 0.583. The van der Waals surface area contributed by atoms with E-state index in [2.05, 4.69) is 63.2 Å². The van der Waals surface area contributed by atoms with Crippen molar-refractivity contribution in [2.45, 2.75) is 51.0 Å². The van der Waals surface area contributed by atoms with Gasteiger partial charge in [0.05, 0.1) is 10.7 Å². The number of aryl methyl sites for hydroxylation is 1. The molecule has 2 aliphatic rings. The fourth-order valence-corrected chi connectivity index (χ4v) is 5.12. The highest BCUT2D eigenvalue weighted by molar-refractivity contribution is 14.0. The van der Waals surface area contributed by atoms with Crippen LogP contribution in [-0.4, -0.2) is 49.1 Å². The zero-order valence-electron chi connectivity index (χ0n) is 18.8. The Kier molecular flexibility index (Phi) is 9.16. The summed E-state index contributed by atoms with van der Waals surface area (Å²) in [5.41, 5.74) is 2.99. The maximum absolute atomic E-state index is 4.72. The van der Waals surface area contributed by atoms with Gasteiger partial charge in [-0.05, 0) is 56.7 Å². The van der Waals surface area contributed by atoms with Gasteiger partial charge >= 0.3 is 0 Å². The zero-order chi connectivity index (χ0) is 20.8. The summed E-state index contributed by atoms with van der Waals surface area (Å²) in [5, 5.41) is 10.6. The number of benzene rings is 1. The minimum absolute atomic E-state index is 0. The molecule has 5 nitrogen and oxygen atoms in total. The Hall–Kier alpha value is -1.19. The number of likely N-dealkylation sites (tertiary alicyclic amines) is 1. The number of nitrogens with one attached hydrogen (secondary N) is 2. The van der Waals surface area contributed by atoms with Crippen molar-refractivity contribution in [1.82, 2.24) is 20.5 Å². The molecular weight excluding hydrogens is 517 g/mol. The number of hydrogen-bond acceptors (Lipinski definition) is 4. The molecule has 31 heavy (non-hydrogen) atoms. The molecule has 2 aromatic rings. The lowest BCUT2D eigenvalue weighted by molar-refractivity contribution is 0.176. The van der Waals surface area contributed by atoms with Gasteiger partial charge in [-0.3, -0.25) is 9.89 Å². The van der Waals surface area contributed by atoms with Crippen molar-refractivity contribution < 1.29 is 0 Å². The molecule has 0 spiro atoms. The molecule has 0 amide bonds. The van der Waals surface area contributed by atoms with E-state index in [0.717, 1.165) is 45.1 Å². The molecule has 0 unspecified atom stereocenters. The predicted molar refractivity (Wildman–Crippen MR) is 142 cm³/mol. The number of piperidine rings is 1. The summed E-state index contributed by atoms with van der Waals surface area (Å²) in [4.78, 5) is 11.7. The second-order valence-corrected chi connectivity index (χ2v) is 9.70. The summed E-state index contributed by atoms with van der Waals surface area (Å²) in [6, 6.07) is 10.9. The Morgan fingerprint density at radius 2 is 1.94 bits per heavy atom. The predicted octanol–water partition coefficient (Wildman–Crippen LogP) is 4.43. The molecule has 2 N–H and O–H groups in total. The van der Waals surface area contributed by atoms with Crippen LogP contribution in [0.1, 0.15) is 48.9 Å². The van der Waals surface area contributed by atoms with Gasteiger partial charge in [-0.25, -0.2) is 4.98 Å². The number of nitrogens with zero attached hydrogens (tertiary/aromatic N) is 3. The topological polar surface area (TPSA) is 52.6 Å². The van der Waals surface area contributed by atoms with Crippen molar-refractivity contribution in [2.24, 2.45) is 10.9 Å². The summed E-state index contributed by atoms with van der Waals surface area (Å²) in [6.45, 7) is 7.46. The number of thiazole rings is 1. The lowest BCUT2D eigenvalue weighted by Gasteiger charge is -2.32. The van der Waals surface area contributed by atoms with Crippen molar-refractivity contribution in [3.8, 4) is 0 Å². The average Bonchev–Trinajstić information content (AvgIpc) is 3.46. The average molecular weight is 554 g/mol. The summed E-state index contributed by atoms with van der Waals surface area (Å²) in [6.07, 6.45) is 6.04. The molecule has 0 bridgehead atoms. The lowest BCUT2D eigenvalue weighted by Crippen LogP contribution is -2.44. The van der Waals surface area contributed by atoms with Crippen molar-refractivity contribution in [1.29, 1.82) is 0 Å². The largest absolute Gasteiger partial charge is 0.356 e. The molecule has 1 aliphatic heterocycles. The number of hydrogen-bond donors (Lipinski definition) is 2. The van der Waals surface area contributed by atoms with E-state index in [0.29, 0.717) is 11.3 Å². The first-order valence-electron chi connectivity index (χ1n) is 11.4. The molecule has 0 radical (unpaired) electrons. The second-order valence-electron chi connectivity index (χ2n) is 8.76. The Morgan fingerprint density at radius 3 is 2.55 bits per heavy atom. The van der Waals surface area contributed by atoms with Crippen molar-refractivity contribution >= 4 is 41.3 Å². The van der Waals surface area contributed by atoms with Crippen LogP contribution in [0.5, 0.6) is 0 Å². The van der Waals surface area contributed by atoms with Gasteiger partial charge in [0.15, 0.2) is 5.96 Å². The van der Waals surface area contributed by atoms with E-state index in [1.54, 1.807) is 11.3 Å². The van der Waals surface area contributed by atoms with E-state index in [1.807, 2.05) is 7.05 Å². The van der Waals surface area contributed by atoms with Crippen LogP contribution < -0.4 is 10.6 Å². The number of halogens is 1. The van der Waals surface area contributed by atoms with Gasteiger partial charge in [0.25, 0.3) is 0 Å². The molecule has 1 aromatic heterocycles. The first kappa shape index (κ1) is 24.5. The molecule has 2 fully saturated rings. The number of aromatic nitrogens is 1. The van der Waals surface area contributed by atoms with Crippen molar-refractivity contribution in [3.05, 3.63) is 52.0 Å². The number of guanidine groups is 1. The van der Waals surface area contributed by atoms with Crippen LogP contribution in [0.3, 0.4) is 0 Å². The molecule has 4 rings (SSSR count). The number of aliphatic imine (C=N–C) groups is 1. The van der Waals surface area contributed by atoms with E-state index in [9.17, 15) is 0 Å². The van der Waals surface area contributed by atoms with Gasteiger partial charge in [-0.1, -0.05) is 37.3 Å². The molecule has 170 valence electrons. The summed E-state index contributed by atoms with van der Waals surface area (Å²) >= 11 is 1.79. The monoisotopic (exact) mass is 553 g/mol. The maximum atomic E-state index is 4.72. The molecule has 1 saturated carbocycles. The van der Waals surface area contributed by atoms with E-state index < -0.39 is 0 Å². The number of rotatable bonds is 8. The van der Waals surface area contributed by atoms with Gasteiger partial charge in [0.1, 0.15) is 0 Å². The van der Waals surface area contributed by atoms with Gasteiger partial charge < -0.3 is 10.6 Å². The molecule has 7 heteroatoms. The van der Waals surface area contributed by atoms with Crippen molar-refractivity contribution in [3.63, 3.8) is 0 Å². The Labute approximate surface area is 208 Å². The highest BCUT2D eigenvalue weighted by Gasteiger charge is 2.44. The first-order valence-corrected chi connectivity index (χ1v) is 12.2. The van der Waals surface area contributed by atoms with Crippen LogP contribution in [0.25, 0.3) is 0 Å². The van der Waals surface area contributed by atoms with E-state index in [-0.39, 0.29) is 24.0 Å². The highest BCUT2D eigenvalue weighted by atomic mass is 127. The summed E-state index contributed by atoms with van der Waals surface area (Å²) in [5.74, 6) is 1.65. The molecule has 1 aliphatic carbocycles. The lowest BCUT2D eigenvalue weighted by atomic mass is 9.96. The minimum atomic E-state index is 0. The molecule has 1 saturated heterocycles. The van der Waals surface area contributed by atoms with Crippen LogP contribution in [0, 0.1) is 5.92 Å². The molecule has 1 aromatic carbocycles. The van der Waals surface area contributed by atoms with Crippen LogP contribution in [0.15, 0.2) is 40.7 Å². The van der Waals surface area contributed by atoms with E-state index in [1.165, 1.54) is 41.9 Å². The Balaban J connectivity index is 0.00000272. The smallest absolute Gasteiger partial charge is 0.191 e. The summed E-state index contributed by atoms with van der Waals surface area (Å²) in [7, 11) is 1.87. The molecule has 2 heterocycles. The first-order chi connectivity index (χ1) is 14.7. The Morgan fingerprint density at radius 1 is 1.19 bits per heavy atom. The van der Waals surface area contributed by atoms with Crippen LogP contribution in [0.4, 0.5) is 0 Å². The highest BCUT2D eigenvalue weighted by Crippen LogP contribution is 2.47. The fourth-order valence-electron chi connectivity index (χ4n) is 4.39. The van der Waals surface area contributed by atoms with E-state index in [4.69, 9.17) is 4.98 Å². The standard InChI is InChI=1S/C24H35N5S.HI/c1-3-22-28-21(17-30-22)16-29-13-9-19(10-14-29)15-26-23(25-2)27-18-24(11-12-24)20-7-5-4-6-8-20;/h4-8,17,19H,3,9-16,18H2,1-2H3,(H2,25,26,27);1H. The third kappa shape index (κ3) is 6.65. The quantitative estimate of drug-likeness (QED) is 0.289. The van der Waals surface area contributed by atoms with Gasteiger partial charge in [0.2, 0.25) is 0 Å².